The maximum absolute atomic E-state index is 11.5. The van der Waals surface area contributed by atoms with E-state index in [0.717, 1.165) is 6.26 Å². The monoisotopic (exact) mass is 336 g/mol. The van der Waals surface area contributed by atoms with Gasteiger partial charge in [0.2, 0.25) is 15.9 Å². The average molecular weight is 336 g/mol. The van der Waals surface area contributed by atoms with E-state index in [1.807, 2.05) is 0 Å². The lowest BCUT2D eigenvalue weighted by atomic mass is 10.00. The summed E-state index contributed by atoms with van der Waals surface area (Å²) in [6.07, 6.45) is -0.589. The van der Waals surface area contributed by atoms with E-state index in [1.165, 1.54) is 24.3 Å². The van der Waals surface area contributed by atoms with Crippen LogP contribution in [0.1, 0.15) is 22.2 Å². The number of carbonyl (C=O) groups excluding carboxylic acids is 1. The van der Waals surface area contributed by atoms with Crippen LogP contribution in [0.15, 0.2) is 42.5 Å². The lowest BCUT2D eigenvalue weighted by Gasteiger charge is -2.13. The summed E-state index contributed by atoms with van der Waals surface area (Å²) in [5.74, 6) is -0.674. The number of hydrogen-bond donors (Lipinski definition) is 4. The molecule has 23 heavy (non-hydrogen) atoms. The van der Waals surface area contributed by atoms with Crippen LogP contribution in [0, 0.1) is 0 Å². The van der Waals surface area contributed by atoms with Crippen molar-refractivity contribution in [3.8, 4) is 11.1 Å². The fourth-order valence-corrected chi connectivity index (χ4v) is 2.64. The molecule has 2 aromatic carbocycles. The fourth-order valence-electron chi connectivity index (χ4n) is 2.07. The molecule has 0 saturated heterocycles. The molecule has 1 amide bonds. The molecule has 0 aromatic heterocycles. The van der Waals surface area contributed by atoms with Crippen LogP contribution in [0.3, 0.4) is 0 Å². The molecule has 0 radical (unpaired) electrons. The minimum absolute atomic E-state index is 0.169. The second-order valence-electron chi connectivity index (χ2n) is 4.99. The lowest BCUT2D eigenvalue weighted by Crippen LogP contribution is -2.14. The van der Waals surface area contributed by atoms with Crippen LogP contribution in [0.4, 0.5) is 5.69 Å². The summed E-state index contributed by atoms with van der Waals surface area (Å²) in [4.78, 5) is 11.3. The van der Waals surface area contributed by atoms with E-state index in [9.17, 15) is 13.2 Å². The number of hydrogen-bond acceptors (Lipinski definition) is 5. The first-order valence-electron chi connectivity index (χ1n) is 6.55. The summed E-state index contributed by atoms with van der Waals surface area (Å²) in [7, 11) is -3.55. The van der Waals surface area contributed by atoms with Gasteiger partial charge in [-0.05, 0) is 17.7 Å². The van der Waals surface area contributed by atoms with Crippen LogP contribution in [0.25, 0.3) is 11.1 Å². The average Bonchev–Trinajstić information content (AvgIpc) is 2.45. The van der Waals surface area contributed by atoms with Gasteiger partial charge in [-0.1, -0.05) is 30.3 Å². The highest BCUT2D eigenvalue weighted by molar-refractivity contribution is 7.92. The number of nitrogens with two attached hydrogens (primary N) is 1. The number of sulfonamides is 1. The molecule has 0 saturated carbocycles. The number of benzene rings is 2. The smallest absolute Gasteiger partial charge is 0.248 e. The summed E-state index contributed by atoms with van der Waals surface area (Å²) in [6.45, 7) is 0. The molecule has 2 aromatic rings. The van der Waals surface area contributed by atoms with Gasteiger partial charge in [0.05, 0.1) is 11.9 Å². The van der Waals surface area contributed by atoms with E-state index >= 15 is 0 Å². The van der Waals surface area contributed by atoms with Crippen LogP contribution in [-0.4, -0.2) is 30.8 Å². The molecule has 0 spiro atoms. The molecular formula is C15H16N2O5S. The van der Waals surface area contributed by atoms with E-state index in [4.69, 9.17) is 15.9 Å². The molecule has 122 valence electrons. The Morgan fingerprint density at radius 2 is 1.74 bits per heavy atom. The number of primary amides is 1. The van der Waals surface area contributed by atoms with Crippen LogP contribution in [0.5, 0.6) is 0 Å². The summed E-state index contributed by atoms with van der Waals surface area (Å²) < 4.78 is 25.4. The molecule has 5 N–H and O–H groups in total. The quantitative estimate of drug-likeness (QED) is 0.600. The maximum atomic E-state index is 11.5. The van der Waals surface area contributed by atoms with Gasteiger partial charge in [0.25, 0.3) is 0 Å². The first-order valence-corrected chi connectivity index (χ1v) is 8.44. The molecule has 0 heterocycles. The van der Waals surface area contributed by atoms with E-state index in [1.54, 1.807) is 18.2 Å². The van der Waals surface area contributed by atoms with Crippen molar-refractivity contribution < 1.29 is 23.4 Å². The number of rotatable bonds is 5. The summed E-state index contributed by atoms with van der Waals surface area (Å²) in [6, 6.07) is 10.6. The standard InChI is InChI=1S/C15H16N2O5S/c1-23(21,22)17-13-8-11(14(16)18)6-7-12(13)9-2-4-10(5-3-9)15(19)20/h2-8,15,17,19-20H,1H3,(H2,16,18). The Morgan fingerprint density at radius 1 is 1.13 bits per heavy atom. The van der Waals surface area contributed by atoms with Crippen LogP contribution < -0.4 is 10.5 Å². The minimum Gasteiger partial charge on any atom is -0.366 e. The molecule has 0 fully saturated rings. The molecule has 2 rings (SSSR count). The Labute approximate surface area is 133 Å². The van der Waals surface area contributed by atoms with E-state index < -0.39 is 22.2 Å². The van der Waals surface area contributed by atoms with Gasteiger partial charge in [0.15, 0.2) is 6.29 Å². The Morgan fingerprint density at radius 3 is 2.22 bits per heavy atom. The Balaban J connectivity index is 2.54. The molecular weight excluding hydrogens is 320 g/mol. The molecule has 8 heteroatoms. The first kappa shape index (κ1) is 16.9. The van der Waals surface area contributed by atoms with Gasteiger partial charge in [-0.25, -0.2) is 8.42 Å². The third-order valence-electron chi connectivity index (χ3n) is 3.12. The highest BCUT2D eigenvalue weighted by Crippen LogP contribution is 2.30. The highest BCUT2D eigenvalue weighted by Gasteiger charge is 2.13. The molecule has 0 bridgehead atoms. The number of carbonyl (C=O) groups is 1. The predicted octanol–water partition coefficient (Wildman–Crippen LogP) is 0.807. The minimum atomic E-state index is -3.55. The van der Waals surface area contributed by atoms with Crippen molar-refractivity contribution >= 4 is 21.6 Å². The fraction of sp³-hybridized carbons (Fsp3) is 0.133. The van der Waals surface area contributed by atoms with Gasteiger partial charge >= 0.3 is 0 Å². The van der Waals surface area contributed by atoms with Crippen LogP contribution in [0.2, 0.25) is 0 Å². The predicted molar refractivity (Wildman–Crippen MR) is 86.0 cm³/mol. The Kier molecular flexibility index (Phi) is 4.69. The van der Waals surface area contributed by atoms with E-state index in [-0.39, 0.29) is 11.3 Å². The van der Waals surface area contributed by atoms with Crippen molar-refractivity contribution in [2.24, 2.45) is 5.73 Å². The third-order valence-corrected chi connectivity index (χ3v) is 3.71. The Hall–Kier alpha value is -2.42. The zero-order valence-electron chi connectivity index (χ0n) is 12.2. The van der Waals surface area contributed by atoms with Crippen LogP contribution >= 0.6 is 0 Å². The number of aliphatic hydroxyl groups is 2. The third kappa shape index (κ3) is 4.28. The van der Waals surface area contributed by atoms with Gasteiger partial charge in [-0.2, -0.15) is 0 Å². The number of aliphatic hydroxyl groups excluding tert-OH is 1. The van der Waals surface area contributed by atoms with Gasteiger partial charge in [-0.3, -0.25) is 9.52 Å². The second-order valence-corrected chi connectivity index (χ2v) is 6.74. The van der Waals surface area contributed by atoms with Gasteiger partial charge in [0.1, 0.15) is 0 Å². The molecule has 0 aliphatic carbocycles. The number of anilines is 1. The Bertz CT molecular complexity index is 829. The van der Waals surface area contributed by atoms with Gasteiger partial charge in [-0.15, -0.1) is 0 Å². The molecule has 0 aliphatic rings. The zero-order chi connectivity index (χ0) is 17.2. The largest absolute Gasteiger partial charge is 0.366 e. The zero-order valence-corrected chi connectivity index (χ0v) is 13.0. The SMILES string of the molecule is CS(=O)(=O)Nc1cc(C(N)=O)ccc1-c1ccc(C(O)O)cc1. The first-order chi connectivity index (χ1) is 10.7. The molecule has 0 aliphatic heterocycles. The van der Waals surface area contributed by atoms with Gasteiger partial charge < -0.3 is 15.9 Å². The van der Waals surface area contributed by atoms with E-state index in [2.05, 4.69) is 4.72 Å². The number of amides is 1. The second kappa shape index (κ2) is 6.37. The van der Waals surface area contributed by atoms with Crippen molar-refractivity contribution in [2.45, 2.75) is 6.29 Å². The van der Waals surface area contributed by atoms with Crippen molar-refractivity contribution in [2.75, 3.05) is 11.0 Å². The van der Waals surface area contributed by atoms with Crippen LogP contribution in [-0.2, 0) is 10.0 Å². The summed E-state index contributed by atoms with van der Waals surface area (Å²) >= 11 is 0. The van der Waals surface area contributed by atoms with Crippen molar-refractivity contribution in [1.82, 2.24) is 0 Å². The number of nitrogens with one attached hydrogen (secondary N) is 1. The van der Waals surface area contributed by atoms with Gasteiger partial charge in [0, 0.05) is 16.7 Å². The molecule has 7 nitrogen and oxygen atoms in total. The summed E-state index contributed by atoms with van der Waals surface area (Å²) in [5, 5.41) is 18.2. The highest BCUT2D eigenvalue weighted by atomic mass is 32.2. The van der Waals surface area contributed by atoms with Crippen molar-refractivity contribution in [3.63, 3.8) is 0 Å². The molecule has 0 atom stereocenters. The summed E-state index contributed by atoms with van der Waals surface area (Å²) in [5.41, 5.74) is 7.06. The van der Waals surface area contributed by atoms with Crippen molar-refractivity contribution in [3.05, 3.63) is 53.6 Å². The van der Waals surface area contributed by atoms with Crippen molar-refractivity contribution in [1.29, 1.82) is 0 Å². The molecule has 0 unspecified atom stereocenters. The van der Waals surface area contributed by atoms with E-state index in [0.29, 0.717) is 16.7 Å². The normalized spacial score (nSPS) is 11.5. The maximum Gasteiger partial charge on any atom is 0.248 e. The lowest BCUT2D eigenvalue weighted by molar-refractivity contribution is -0.0424. The topological polar surface area (TPSA) is 130 Å².